The van der Waals surface area contributed by atoms with E-state index in [2.05, 4.69) is 22.8 Å². The molecule has 2 aliphatic rings. The van der Waals surface area contributed by atoms with Crippen molar-refractivity contribution in [3.8, 4) is 0 Å². The maximum absolute atomic E-state index is 13.3. The van der Waals surface area contributed by atoms with Gasteiger partial charge in [-0.25, -0.2) is 18.6 Å². The average molecular weight is 474 g/mol. The summed E-state index contributed by atoms with van der Waals surface area (Å²) < 4.78 is 32.1. The summed E-state index contributed by atoms with van der Waals surface area (Å²) in [5, 5.41) is 15.1. The predicted octanol–water partition coefficient (Wildman–Crippen LogP) is 3.72. The van der Waals surface area contributed by atoms with E-state index in [4.69, 9.17) is 9.72 Å². The van der Waals surface area contributed by atoms with Crippen LogP contribution in [-0.4, -0.2) is 47.3 Å². The van der Waals surface area contributed by atoms with Crippen molar-refractivity contribution in [3.63, 3.8) is 0 Å². The molecular formula is C25H29F2N3O4. The molecular weight excluding hydrogens is 444 g/mol. The largest absolute Gasteiger partial charge is 0.480 e. The molecule has 2 heterocycles. The molecule has 1 aliphatic carbocycles. The number of aliphatic carboxylic acids is 1. The average Bonchev–Trinajstić information content (AvgIpc) is 2.80. The summed E-state index contributed by atoms with van der Waals surface area (Å²) in [6, 6.07) is 5.77. The zero-order valence-electron chi connectivity index (χ0n) is 18.9. The third-order valence-electron chi connectivity index (χ3n) is 6.50. The number of nitrogens with zero attached hydrogens (tertiary/aromatic N) is 1. The van der Waals surface area contributed by atoms with Crippen LogP contribution in [-0.2, 0) is 22.4 Å². The molecule has 3 N–H and O–H groups in total. The molecule has 1 aromatic carbocycles. The molecule has 0 radical (unpaired) electrons. The lowest BCUT2D eigenvalue weighted by atomic mass is 9.79. The van der Waals surface area contributed by atoms with E-state index in [9.17, 15) is 23.5 Å². The van der Waals surface area contributed by atoms with E-state index < -0.39 is 29.6 Å². The van der Waals surface area contributed by atoms with Gasteiger partial charge in [-0.05, 0) is 74.3 Å². The summed E-state index contributed by atoms with van der Waals surface area (Å²) in [7, 11) is 0. The number of aromatic nitrogens is 1. The molecule has 7 nitrogen and oxygen atoms in total. The molecule has 0 spiro atoms. The lowest BCUT2D eigenvalue weighted by Crippen LogP contribution is -2.42. The van der Waals surface area contributed by atoms with Gasteiger partial charge in [0.15, 0.2) is 11.6 Å². The summed E-state index contributed by atoms with van der Waals surface area (Å²) in [5.41, 5.74) is 2.24. The number of fused-ring (bicyclic) bond motifs is 1. The highest BCUT2D eigenvalue weighted by Gasteiger charge is 2.30. The minimum atomic E-state index is -1.21. The van der Waals surface area contributed by atoms with E-state index in [-0.39, 0.29) is 24.7 Å². The number of hydrogen-bond acceptors (Lipinski definition) is 5. The van der Waals surface area contributed by atoms with Crippen LogP contribution < -0.4 is 10.6 Å². The first-order chi connectivity index (χ1) is 16.4. The molecule has 1 amide bonds. The second kappa shape index (κ2) is 10.9. The standard InChI is InChI=1S/C25H29F2N3O4/c26-20-8-5-17(14-21(20)27)24(31)30-22(25(32)33)9-11-34-19-12-15(13-19)3-6-18-7-4-16-2-1-10-28-23(16)29-18/h4-5,7-8,14-15,19,22H,1-3,6,9-13H2,(H,28,29)(H,30,31)(H,32,33)/t15?,19?,22-/m0/s1. The Labute approximate surface area is 196 Å². The van der Waals surface area contributed by atoms with Gasteiger partial charge in [0.2, 0.25) is 0 Å². The van der Waals surface area contributed by atoms with Crippen molar-refractivity contribution < 1.29 is 28.2 Å². The highest BCUT2D eigenvalue weighted by Crippen LogP contribution is 2.34. The van der Waals surface area contributed by atoms with Crippen molar-refractivity contribution >= 4 is 17.7 Å². The third-order valence-corrected chi connectivity index (χ3v) is 6.50. The Bertz CT molecular complexity index is 1040. The van der Waals surface area contributed by atoms with Crippen molar-refractivity contribution in [1.29, 1.82) is 0 Å². The molecule has 9 heteroatoms. The Morgan fingerprint density at radius 3 is 2.79 bits per heavy atom. The monoisotopic (exact) mass is 473 g/mol. The van der Waals surface area contributed by atoms with Crippen LogP contribution in [0.5, 0.6) is 0 Å². The van der Waals surface area contributed by atoms with Gasteiger partial charge in [-0.15, -0.1) is 0 Å². The quantitative estimate of drug-likeness (QED) is 0.486. The van der Waals surface area contributed by atoms with Crippen LogP contribution >= 0.6 is 0 Å². The molecule has 4 rings (SSSR count). The highest BCUT2D eigenvalue weighted by atomic mass is 19.2. The summed E-state index contributed by atoms with van der Waals surface area (Å²) in [6.45, 7) is 1.16. The predicted molar refractivity (Wildman–Crippen MR) is 122 cm³/mol. The molecule has 2 aromatic rings. The second-order valence-electron chi connectivity index (χ2n) is 8.99. The summed E-state index contributed by atoms with van der Waals surface area (Å²) in [4.78, 5) is 28.4. The van der Waals surface area contributed by atoms with Crippen LogP contribution in [0.2, 0.25) is 0 Å². The van der Waals surface area contributed by atoms with Crippen molar-refractivity contribution in [2.45, 2.75) is 57.1 Å². The number of benzene rings is 1. The number of carboxylic acid groups (broad SMARTS) is 1. The molecule has 1 saturated carbocycles. The van der Waals surface area contributed by atoms with Gasteiger partial charge < -0.3 is 20.5 Å². The number of hydrogen-bond donors (Lipinski definition) is 3. The van der Waals surface area contributed by atoms with Gasteiger partial charge >= 0.3 is 5.97 Å². The Balaban J connectivity index is 1.15. The van der Waals surface area contributed by atoms with Crippen LogP contribution in [0.3, 0.4) is 0 Å². The zero-order chi connectivity index (χ0) is 24.1. The number of aryl methyl sites for hydroxylation is 2. The minimum absolute atomic E-state index is 0.0813. The van der Waals surface area contributed by atoms with Gasteiger partial charge in [-0.3, -0.25) is 4.79 Å². The van der Waals surface area contributed by atoms with Crippen LogP contribution in [0.4, 0.5) is 14.6 Å². The lowest BCUT2D eigenvalue weighted by molar-refractivity contribution is -0.140. The molecule has 1 fully saturated rings. The molecule has 1 aromatic heterocycles. The number of ether oxygens (including phenoxy) is 1. The number of amides is 1. The Hall–Kier alpha value is -3.07. The normalized spacial score (nSPS) is 19.9. The van der Waals surface area contributed by atoms with Crippen LogP contribution in [0.25, 0.3) is 0 Å². The van der Waals surface area contributed by atoms with Crippen molar-refractivity contribution in [2.75, 3.05) is 18.5 Å². The highest BCUT2D eigenvalue weighted by molar-refractivity contribution is 5.96. The van der Waals surface area contributed by atoms with E-state index in [1.54, 1.807) is 0 Å². The third kappa shape index (κ3) is 6.08. The molecule has 0 bridgehead atoms. The van der Waals surface area contributed by atoms with Gasteiger partial charge in [-0.2, -0.15) is 0 Å². The first-order valence-corrected chi connectivity index (χ1v) is 11.7. The van der Waals surface area contributed by atoms with E-state index in [0.717, 1.165) is 74.8 Å². The Morgan fingerprint density at radius 1 is 1.21 bits per heavy atom. The van der Waals surface area contributed by atoms with Crippen molar-refractivity contribution in [3.05, 3.63) is 58.8 Å². The smallest absolute Gasteiger partial charge is 0.326 e. The number of carboxylic acids is 1. The lowest BCUT2D eigenvalue weighted by Gasteiger charge is -2.35. The van der Waals surface area contributed by atoms with Crippen LogP contribution in [0.1, 0.15) is 53.7 Å². The fraction of sp³-hybridized carbons (Fsp3) is 0.480. The number of halogens is 2. The van der Waals surface area contributed by atoms with Crippen molar-refractivity contribution in [1.82, 2.24) is 10.3 Å². The van der Waals surface area contributed by atoms with Gasteiger partial charge in [0, 0.05) is 30.8 Å². The Kier molecular flexibility index (Phi) is 7.72. The number of anilines is 1. The second-order valence-corrected chi connectivity index (χ2v) is 8.99. The van der Waals surface area contributed by atoms with Gasteiger partial charge in [0.25, 0.3) is 5.91 Å². The SMILES string of the molecule is O=C(N[C@@H](CCOC1CC(CCc2ccc3c(n2)NCCC3)C1)C(=O)O)c1ccc(F)c(F)c1. The van der Waals surface area contributed by atoms with E-state index in [1.165, 1.54) is 5.56 Å². The molecule has 1 atom stereocenters. The fourth-order valence-corrected chi connectivity index (χ4v) is 4.40. The summed E-state index contributed by atoms with van der Waals surface area (Å²) in [5.74, 6) is -2.66. The number of carbonyl (C=O) groups is 2. The first-order valence-electron chi connectivity index (χ1n) is 11.7. The Morgan fingerprint density at radius 2 is 2.03 bits per heavy atom. The van der Waals surface area contributed by atoms with E-state index in [0.29, 0.717) is 5.92 Å². The van der Waals surface area contributed by atoms with E-state index in [1.807, 2.05) is 0 Å². The molecule has 1 aliphatic heterocycles. The number of rotatable bonds is 10. The van der Waals surface area contributed by atoms with Gasteiger partial charge in [0.05, 0.1) is 6.10 Å². The van der Waals surface area contributed by atoms with Crippen molar-refractivity contribution in [2.24, 2.45) is 5.92 Å². The maximum Gasteiger partial charge on any atom is 0.326 e. The maximum atomic E-state index is 13.3. The summed E-state index contributed by atoms with van der Waals surface area (Å²) in [6.07, 6.45) is 6.18. The number of pyridine rings is 1. The topological polar surface area (TPSA) is 101 Å². The zero-order valence-corrected chi connectivity index (χ0v) is 18.9. The molecule has 0 saturated heterocycles. The fourth-order valence-electron chi connectivity index (χ4n) is 4.40. The van der Waals surface area contributed by atoms with E-state index >= 15 is 0 Å². The minimum Gasteiger partial charge on any atom is -0.480 e. The van der Waals surface area contributed by atoms with Gasteiger partial charge in [0.1, 0.15) is 11.9 Å². The summed E-state index contributed by atoms with van der Waals surface area (Å²) >= 11 is 0. The first kappa shape index (κ1) is 24.1. The molecule has 0 unspecified atom stereocenters. The van der Waals surface area contributed by atoms with Crippen LogP contribution in [0.15, 0.2) is 30.3 Å². The molecule has 182 valence electrons. The number of nitrogens with one attached hydrogen (secondary N) is 2. The van der Waals surface area contributed by atoms with Gasteiger partial charge in [-0.1, -0.05) is 6.07 Å². The molecule has 34 heavy (non-hydrogen) atoms. The number of carbonyl (C=O) groups excluding carboxylic acids is 1. The van der Waals surface area contributed by atoms with Crippen LogP contribution in [0, 0.1) is 17.6 Å².